The summed E-state index contributed by atoms with van der Waals surface area (Å²) >= 11 is 5.83. The van der Waals surface area contributed by atoms with Gasteiger partial charge in [-0.1, -0.05) is 11.6 Å². The van der Waals surface area contributed by atoms with E-state index in [1.165, 1.54) is 0 Å². The Hall–Kier alpha value is -2.93. The number of carbonyl (C=O) groups excluding carboxylic acids is 2. The molecule has 0 bridgehead atoms. The summed E-state index contributed by atoms with van der Waals surface area (Å²) in [6.07, 6.45) is 0. The lowest BCUT2D eigenvalue weighted by Crippen LogP contribution is -2.51. The highest BCUT2D eigenvalue weighted by molar-refractivity contribution is 6.30. The summed E-state index contributed by atoms with van der Waals surface area (Å²) < 4.78 is 16.1. The van der Waals surface area contributed by atoms with Crippen molar-refractivity contribution in [2.24, 2.45) is 0 Å². The number of halogens is 1. The fraction of sp³-hybridized carbons (Fsp3) is 0.300. The molecule has 1 fully saturated rings. The summed E-state index contributed by atoms with van der Waals surface area (Å²) in [7, 11) is 0. The fourth-order valence-corrected chi connectivity index (χ4v) is 3.26. The number of hydrogen-bond acceptors (Lipinski definition) is 5. The van der Waals surface area contributed by atoms with Gasteiger partial charge in [-0.15, -0.1) is 0 Å². The molecular formula is C20H19ClN2O5. The summed E-state index contributed by atoms with van der Waals surface area (Å²) in [6, 6.07) is 12.0. The van der Waals surface area contributed by atoms with Crippen LogP contribution in [0, 0.1) is 0 Å². The van der Waals surface area contributed by atoms with E-state index in [1.807, 2.05) is 0 Å². The van der Waals surface area contributed by atoms with Crippen LogP contribution in [0.5, 0.6) is 17.2 Å². The van der Waals surface area contributed by atoms with Crippen LogP contribution < -0.4 is 14.2 Å². The SMILES string of the molecule is O=C(COc1ccc(Cl)cc1)N1CCN(C(=O)c2ccc3c(c2)OCO3)CC1. The quantitative estimate of drug-likeness (QED) is 0.785. The van der Waals surface area contributed by atoms with Crippen LogP contribution in [0.2, 0.25) is 5.02 Å². The molecule has 2 aliphatic rings. The maximum atomic E-state index is 12.7. The van der Waals surface area contributed by atoms with Gasteiger partial charge in [-0.25, -0.2) is 0 Å². The fourth-order valence-electron chi connectivity index (χ4n) is 3.14. The summed E-state index contributed by atoms with van der Waals surface area (Å²) in [4.78, 5) is 28.5. The van der Waals surface area contributed by atoms with Crippen molar-refractivity contribution >= 4 is 23.4 Å². The van der Waals surface area contributed by atoms with E-state index in [-0.39, 0.29) is 25.2 Å². The molecule has 2 aromatic carbocycles. The van der Waals surface area contributed by atoms with Crippen molar-refractivity contribution in [1.82, 2.24) is 9.80 Å². The van der Waals surface area contributed by atoms with Crippen molar-refractivity contribution in [3.05, 3.63) is 53.1 Å². The largest absolute Gasteiger partial charge is 0.484 e. The standard InChI is InChI=1S/C20H19ClN2O5/c21-15-2-4-16(5-3-15)26-12-19(24)22-7-9-23(10-8-22)20(25)14-1-6-17-18(11-14)28-13-27-17/h1-6,11H,7-10,12-13H2. The van der Waals surface area contributed by atoms with E-state index in [9.17, 15) is 9.59 Å². The van der Waals surface area contributed by atoms with Gasteiger partial charge in [0.15, 0.2) is 18.1 Å². The number of carbonyl (C=O) groups is 2. The number of hydrogen-bond donors (Lipinski definition) is 0. The van der Waals surface area contributed by atoms with Gasteiger partial charge < -0.3 is 24.0 Å². The zero-order valence-electron chi connectivity index (χ0n) is 15.1. The molecule has 0 N–H and O–H groups in total. The molecule has 0 radical (unpaired) electrons. The van der Waals surface area contributed by atoms with Gasteiger partial charge in [0, 0.05) is 36.8 Å². The second-order valence-corrected chi connectivity index (χ2v) is 6.92. The van der Waals surface area contributed by atoms with E-state index in [4.69, 9.17) is 25.8 Å². The highest BCUT2D eigenvalue weighted by Gasteiger charge is 2.26. The number of nitrogens with zero attached hydrogens (tertiary/aromatic N) is 2. The van der Waals surface area contributed by atoms with Gasteiger partial charge in [-0.2, -0.15) is 0 Å². The molecule has 0 spiro atoms. The van der Waals surface area contributed by atoms with Crippen molar-refractivity contribution in [1.29, 1.82) is 0 Å². The van der Waals surface area contributed by atoms with Crippen molar-refractivity contribution in [2.45, 2.75) is 0 Å². The minimum atomic E-state index is -0.106. The van der Waals surface area contributed by atoms with Crippen molar-refractivity contribution < 1.29 is 23.8 Å². The number of benzene rings is 2. The van der Waals surface area contributed by atoms with E-state index in [0.717, 1.165) is 0 Å². The Morgan fingerprint density at radius 3 is 2.36 bits per heavy atom. The minimum absolute atomic E-state index is 0.0439. The lowest BCUT2D eigenvalue weighted by molar-refractivity contribution is -0.134. The van der Waals surface area contributed by atoms with E-state index in [2.05, 4.69) is 0 Å². The van der Waals surface area contributed by atoms with Crippen LogP contribution >= 0.6 is 11.6 Å². The first kappa shape index (κ1) is 18.4. The number of fused-ring (bicyclic) bond motifs is 1. The molecule has 4 rings (SSSR count). The van der Waals surface area contributed by atoms with Crippen molar-refractivity contribution in [3.8, 4) is 17.2 Å². The zero-order chi connectivity index (χ0) is 19.5. The minimum Gasteiger partial charge on any atom is -0.484 e. The molecule has 1 saturated heterocycles. The number of piperazine rings is 1. The predicted octanol–water partition coefficient (Wildman–Crippen LogP) is 2.43. The maximum Gasteiger partial charge on any atom is 0.260 e. The molecular weight excluding hydrogens is 384 g/mol. The van der Waals surface area contributed by atoms with Crippen LogP contribution in [-0.2, 0) is 4.79 Å². The predicted molar refractivity (Wildman–Crippen MR) is 102 cm³/mol. The lowest BCUT2D eigenvalue weighted by Gasteiger charge is -2.34. The molecule has 2 aliphatic heterocycles. The Morgan fingerprint density at radius 1 is 0.929 bits per heavy atom. The molecule has 0 saturated carbocycles. The molecule has 0 unspecified atom stereocenters. The Kier molecular flexibility index (Phi) is 5.25. The van der Waals surface area contributed by atoms with Crippen LogP contribution in [0.25, 0.3) is 0 Å². The van der Waals surface area contributed by atoms with Gasteiger partial charge in [0.05, 0.1) is 0 Å². The number of rotatable bonds is 4. The second-order valence-electron chi connectivity index (χ2n) is 6.48. The Balaban J connectivity index is 1.28. The monoisotopic (exact) mass is 402 g/mol. The third-order valence-electron chi connectivity index (χ3n) is 4.72. The molecule has 0 aliphatic carbocycles. The number of ether oxygens (including phenoxy) is 3. The van der Waals surface area contributed by atoms with Gasteiger partial charge >= 0.3 is 0 Å². The average Bonchev–Trinajstić information content (AvgIpc) is 3.20. The summed E-state index contributed by atoms with van der Waals surface area (Å²) in [5.74, 6) is 1.63. The first-order valence-corrected chi connectivity index (χ1v) is 9.33. The van der Waals surface area contributed by atoms with Crippen LogP contribution in [0.4, 0.5) is 0 Å². The summed E-state index contributed by atoms with van der Waals surface area (Å²) in [5.41, 5.74) is 0.551. The zero-order valence-corrected chi connectivity index (χ0v) is 15.9. The molecule has 2 heterocycles. The Labute approximate surface area is 167 Å². The van der Waals surface area contributed by atoms with E-state index >= 15 is 0 Å². The normalized spacial score (nSPS) is 15.5. The van der Waals surface area contributed by atoms with Crippen LogP contribution in [-0.4, -0.2) is 61.2 Å². The molecule has 28 heavy (non-hydrogen) atoms. The molecule has 146 valence electrons. The van der Waals surface area contributed by atoms with Gasteiger partial charge in [0.25, 0.3) is 11.8 Å². The summed E-state index contributed by atoms with van der Waals surface area (Å²) in [5, 5.41) is 0.613. The van der Waals surface area contributed by atoms with Gasteiger partial charge in [0.2, 0.25) is 6.79 Å². The van der Waals surface area contributed by atoms with Gasteiger partial charge in [-0.3, -0.25) is 9.59 Å². The lowest BCUT2D eigenvalue weighted by atomic mass is 10.1. The Bertz CT molecular complexity index is 879. The van der Waals surface area contributed by atoms with E-state index < -0.39 is 0 Å². The van der Waals surface area contributed by atoms with Gasteiger partial charge in [0.1, 0.15) is 5.75 Å². The highest BCUT2D eigenvalue weighted by atomic mass is 35.5. The molecule has 0 atom stereocenters. The molecule has 7 nitrogen and oxygen atoms in total. The molecule has 2 amide bonds. The van der Waals surface area contributed by atoms with E-state index in [0.29, 0.717) is 54.0 Å². The highest BCUT2D eigenvalue weighted by Crippen LogP contribution is 2.32. The van der Waals surface area contributed by atoms with Crippen molar-refractivity contribution in [2.75, 3.05) is 39.6 Å². The molecule has 8 heteroatoms. The first-order chi connectivity index (χ1) is 13.6. The Morgan fingerprint density at radius 2 is 1.61 bits per heavy atom. The third-order valence-corrected chi connectivity index (χ3v) is 4.97. The first-order valence-electron chi connectivity index (χ1n) is 8.95. The van der Waals surface area contributed by atoms with Crippen LogP contribution in [0.1, 0.15) is 10.4 Å². The van der Waals surface area contributed by atoms with Gasteiger partial charge in [-0.05, 0) is 42.5 Å². The van der Waals surface area contributed by atoms with E-state index in [1.54, 1.807) is 52.3 Å². The van der Waals surface area contributed by atoms with Crippen LogP contribution in [0.3, 0.4) is 0 Å². The van der Waals surface area contributed by atoms with Crippen molar-refractivity contribution in [3.63, 3.8) is 0 Å². The smallest absolute Gasteiger partial charge is 0.260 e. The van der Waals surface area contributed by atoms with Crippen LogP contribution in [0.15, 0.2) is 42.5 Å². The second kappa shape index (κ2) is 7.98. The summed E-state index contributed by atoms with van der Waals surface area (Å²) in [6.45, 7) is 2.02. The molecule has 2 aromatic rings. The maximum absolute atomic E-state index is 12.7. The average molecular weight is 403 g/mol. The molecule has 0 aromatic heterocycles. The topological polar surface area (TPSA) is 68.3 Å². The number of amides is 2. The third kappa shape index (κ3) is 3.99.